The molecular formula is C23H29NO2S. The van der Waals surface area contributed by atoms with Crippen LogP contribution in [0.3, 0.4) is 0 Å². The Labute approximate surface area is 166 Å². The summed E-state index contributed by atoms with van der Waals surface area (Å²) in [5, 5.41) is 0. The largest absolute Gasteiger partial charge is 0.493 e. The Morgan fingerprint density at radius 1 is 0.963 bits per heavy atom. The number of ether oxygens (including phenoxy) is 2. The lowest BCUT2D eigenvalue weighted by Crippen LogP contribution is -2.24. The van der Waals surface area contributed by atoms with Crippen LogP contribution in [0.5, 0.6) is 11.5 Å². The molecule has 144 valence electrons. The molecule has 2 aromatic rings. The second-order valence-corrected chi connectivity index (χ2v) is 8.89. The predicted molar refractivity (Wildman–Crippen MR) is 113 cm³/mol. The molecule has 0 bridgehead atoms. The van der Waals surface area contributed by atoms with E-state index in [1.807, 2.05) is 11.3 Å². The summed E-state index contributed by atoms with van der Waals surface area (Å²) in [5.41, 5.74) is 2.68. The number of rotatable bonds is 5. The highest BCUT2D eigenvalue weighted by atomic mass is 32.1. The van der Waals surface area contributed by atoms with E-state index in [0.29, 0.717) is 0 Å². The molecule has 3 nitrogen and oxygen atoms in total. The molecule has 2 aliphatic rings. The number of fused-ring (bicyclic) bond motifs is 1. The summed E-state index contributed by atoms with van der Waals surface area (Å²) in [7, 11) is 3.41. The number of thiophene rings is 1. The number of hydrogen-bond donors (Lipinski definition) is 0. The first-order chi connectivity index (χ1) is 13.2. The molecule has 0 N–H and O–H groups in total. The first kappa shape index (κ1) is 18.5. The number of benzene rings is 1. The van der Waals surface area contributed by atoms with Gasteiger partial charge in [0, 0.05) is 15.7 Å². The number of methoxy groups -OCH3 is 2. The van der Waals surface area contributed by atoms with E-state index in [1.54, 1.807) is 19.1 Å². The topological polar surface area (TPSA) is 30.8 Å². The van der Waals surface area contributed by atoms with Crippen LogP contribution in [-0.4, -0.2) is 27.0 Å². The quantitative estimate of drug-likeness (QED) is 0.596. The first-order valence-corrected chi connectivity index (χ1v) is 10.9. The highest BCUT2D eigenvalue weighted by Gasteiger charge is 2.33. The Kier molecular flexibility index (Phi) is 5.53. The van der Waals surface area contributed by atoms with Gasteiger partial charge in [0.15, 0.2) is 11.5 Å². The molecule has 0 amide bonds. The SMILES string of the molecule is C=N[C@H]1CCc2cc(OC)c(OC)cc2[C@@H]1c1ccc(C2CCCCC2)s1. The standard InChI is InChI=1S/C23H29NO2S/c1-24-18-10-9-16-13-19(25-2)20(26-3)14-17(16)23(18)22-12-11-21(27-22)15-7-5-4-6-8-15/h11-15,18,23H,1,4-10H2,2-3H3/t18-,23-/m0/s1. The zero-order valence-corrected chi connectivity index (χ0v) is 17.2. The number of nitrogens with zero attached hydrogens (tertiary/aromatic N) is 1. The zero-order chi connectivity index (χ0) is 18.8. The summed E-state index contributed by atoms with van der Waals surface area (Å²) in [5.74, 6) is 2.64. The Hall–Kier alpha value is -1.81. The smallest absolute Gasteiger partial charge is 0.161 e. The van der Waals surface area contributed by atoms with Crippen molar-refractivity contribution in [1.29, 1.82) is 0 Å². The Morgan fingerprint density at radius 2 is 1.67 bits per heavy atom. The molecular weight excluding hydrogens is 354 g/mol. The van der Waals surface area contributed by atoms with E-state index < -0.39 is 0 Å². The molecule has 1 fully saturated rings. The Morgan fingerprint density at radius 3 is 2.37 bits per heavy atom. The van der Waals surface area contributed by atoms with Gasteiger partial charge in [0.05, 0.1) is 20.3 Å². The van der Waals surface area contributed by atoms with Crippen molar-refractivity contribution < 1.29 is 9.47 Å². The fourth-order valence-corrected chi connectivity index (χ4v) is 6.16. The van der Waals surface area contributed by atoms with Crippen molar-refractivity contribution in [2.45, 2.75) is 62.8 Å². The molecule has 0 unspecified atom stereocenters. The van der Waals surface area contributed by atoms with E-state index in [4.69, 9.17) is 9.47 Å². The van der Waals surface area contributed by atoms with Gasteiger partial charge in [0.25, 0.3) is 0 Å². The van der Waals surface area contributed by atoms with Crippen LogP contribution in [0.1, 0.15) is 71.2 Å². The fourth-order valence-electron chi connectivity index (χ4n) is 4.80. The summed E-state index contributed by atoms with van der Waals surface area (Å²) >= 11 is 1.99. The predicted octanol–water partition coefficient (Wildman–Crippen LogP) is 5.96. The monoisotopic (exact) mass is 383 g/mol. The van der Waals surface area contributed by atoms with Gasteiger partial charge in [-0.3, -0.25) is 4.99 Å². The van der Waals surface area contributed by atoms with Crippen LogP contribution in [0.15, 0.2) is 29.3 Å². The van der Waals surface area contributed by atoms with E-state index in [-0.39, 0.29) is 12.0 Å². The summed E-state index contributed by atoms with van der Waals surface area (Å²) < 4.78 is 11.1. The van der Waals surface area contributed by atoms with E-state index in [0.717, 1.165) is 30.3 Å². The third-order valence-corrected chi connectivity index (χ3v) is 7.60. The van der Waals surface area contributed by atoms with Crippen molar-refractivity contribution in [2.24, 2.45) is 4.99 Å². The van der Waals surface area contributed by atoms with E-state index in [9.17, 15) is 0 Å². The Balaban J connectivity index is 1.73. The van der Waals surface area contributed by atoms with Crippen molar-refractivity contribution >= 4 is 18.1 Å². The second-order valence-electron chi connectivity index (χ2n) is 7.75. The van der Waals surface area contributed by atoms with Gasteiger partial charge in [-0.1, -0.05) is 19.3 Å². The maximum Gasteiger partial charge on any atom is 0.161 e. The number of aryl methyl sites for hydroxylation is 1. The maximum atomic E-state index is 5.59. The van der Waals surface area contributed by atoms with Crippen LogP contribution >= 0.6 is 11.3 Å². The van der Waals surface area contributed by atoms with E-state index >= 15 is 0 Å². The fraction of sp³-hybridized carbons (Fsp3) is 0.522. The van der Waals surface area contributed by atoms with Gasteiger partial charge in [-0.25, -0.2) is 0 Å². The molecule has 1 aromatic heterocycles. The average molecular weight is 384 g/mol. The minimum atomic E-state index is 0.230. The molecule has 2 aliphatic carbocycles. The highest BCUT2D eigenvalue weighted by Crippen LogP contribution is 2.46. The average Bonchev–Trinajstić information content (AvgIpc) is 3.22. The van der Waals surface area contributed by atoms with Crippen molar-refractivity contribution in [3.05, 3.63) is 45.1 Å². The van der Waals surface area contributed by atoms with Crippen LogP contribution < -0.4 is 9.47 Å². The van der Waals surface area contributed by atoms with Crippen LogP contribution in [0.2, 0.25) is 0 Å². The van der Waals surface area contributed by atoms with Crippen molar-refractivity contribution in [1.82, 2.24) is 0 Å². The van der Waals surface area contributed by atoms with Crippen molar-refractivity contribution in [3.8, 4) is 11.5 Å². The zero-order valence-electron chi connectivity index (χ0n) is 16.4. The molecule has 27 heavy (non-hydrogen) atoms. The molecule has 1 saturated carbocycles. The minimum Gasteiger partial charge on any atom is -0.493 e. The van der Waals surface area contributed by atoms with Gasteiger partial charge in [0.2, 0.25) is 0 Å². The lowest BCUT2D eigenvalue weighted by molar-refractivity contribution is 0.352. The molecule has 1 heterocycles. The molecule has 0 aliphatic heterocycles. The van der Waals surface area contributed by atoms with Gasteiger partial charge in [-0.15, -0.1) is 11.3 Å². The molecule has 0 radical (unpaired) electrons. The normalized spacial score (nSPS) is 22.9. The third-order valence-electron chi connectivity index (χ3n) is 6.27. The van der Waals surface area contributed by atoms with Crippen LogP contribution in [0.25, 0.3) is 0 Å². The molecule has 4 heteroatoms. The van der Waals surface area contributed by atoms with Gasteiger partial charge >= 0.3 is 0 Å². The summed E-state index contributed by atoms with van der Waals surface area (Å²) in [6.07, 6.45) is 8.87. The number of aliphatic imine (C=N–C) groups is 1. The molecule has 4 rings (SSSR count). The Bertz CT molecular complexity index is 807. The molecule has 0 spiro atoms. The highest BCUT2D eigenvalue weighted by molar-refractivity contribution is 7.12. The maximum absolute atomic E-state index is 5.59. The summed E-state index contributed by atoms with van der Waals surface area (Å²) in [6.45, 7) is 3.90. The first-order valence-electron chi connectivity index (χ1n) is 10.1. The van der Waals surface area contributed by atoms with Crippen molar-refractivity contribution in [3.63, 3.8) is 0 Å². The lowest BCUT2D eigenvalue weighted by atomic mass is 9.78. The van der Waals surface area contributed by atoms with Gasteiger partial charge in [-0.05, 0) is 73.7 Å². The van der Waals surface area contributed by atoms with Crippen molar-refractivity contribution in [2.75, 3.05) is 14.2 Å². The third kappa shape index (κ3) is 3.52. The summed E-state index contributed by atoms with van der Waals surface area (Å²) in [6, 6.07) is 9.24. The number of hydrogen-bond acceptors (Lipinski definition) is 4. The van der Waals surface area contributed by atoms with E-state index in [1.165, 1.54) is 48.1 Å². The van der Waals surface area contributed by atoms with Gasteiger partial charge in [0.1, 0.15) is 0 Å². The van der Waals surface area contributed by atoms with Gasteiger partial charge < -0.3 is 9.47 Å². The molecule has 2 atom stereocenters. The van der Waals surface area contributed by atoms with E-state index in [2.05, 4.69) is 36.0 Å². The lowest BCUT2D eigenvalue weighted by Gasteiger charge is -2.31. The molecule has 1 aromatic carbocycles. The van der Waals surface area contributed by atoms with Crippen LogP contribution in [0, 0.1) is 0 Å². The second kappa shape index (κ2) is 8.05. The van der Waals surface area contributed by atoms with Crippen LogP contribution in [0.4, 0.5) is 0 Å². The van der Waals surface area contributed by atoms with Crippen LogP contribution in [-0.2, 0) is 6.42 Å². The summed E-state index contributed by atoms with van der Waals surface area (Å²) in [4.78, 5) is 7.48. The molecule has 0 saturated heterocycles. The minimum absolute atomic E-state index is 0.230. The van der Waals surface area contributed by atoms with Gasteiger partial charge in [-0.2, -0.15) is 0 Å².